The third-order valence-corrected chi connectivity index (χ3v) is 3.40. The Morgan fingerprint density at radius 1 is 1.37 bits per heavy atom. The van der Waals surface area contributed by atoms with Crippen LogP contribution in [0.3, 0.4) is 0 Å². The highest BCUT2D eigenvalue weighted by Crippen LogP contribution is 2.32. The molecule has 2 aromatic rings. The maximum absolute atomic E-state index is 5.80. The van der Waals surface area contributed by atoms with Gasteiger partial charge in [-0.3, -0.25) is 5.10 Å². The number of ether oxygens (including phenoxy) is 1. The van der Waals surface area contributed by atoms with Gasteiger partial charge in [0.1, 0.15) is 5.75 Å². The molecule has 2 rings (SSSR count). The number of aromatic nitrogens is 2. The van der Waals surface area contributed by atoms with Crippen molar-refractivity contribution in [1.82, 2.24) is 10.2 Å². The fourth-order valence-electron chi connectivity index (χ4n) is 2.27. The van der Waals surface area contributed by atoms with Crippen molar-refractivity contribution in [2.24, 2.45) is 5.73 Å². The zero-order valence-electron chi connectivity index (χ0n) is 11.9. The van der Waals surface area contributed by atoms with Gasteiger partial charge in [0.25, 0.3) is 0 Å². The molecule has 19 heavy (non-hydrogen) atoms. The number of hydrogen-bond donors (Lipinski definition) is 2. The lowest BCUT2D eigenvalue weighted by molar-refractivity contribution is 0.407. The summed E-state index contributed by atoms with van der Waals surface area (Å²) in [7, 11) is 1.70. The van der Waals surface area contributed by atoms with Gasteiger partial charge in [0.05, 0.1) is 12.8 Å². The molecule has 1 aromatic carbocycles. The fraction of sp³-hybridized carbons (Fsp3) is 0.400. The summed E-state index contributed by atoms with van der Waals surface area (Å²) in [6, 6.07) is 6.16. The van der Waals surface area contributed by atoms with Gasteiger partial charge in [-0.2, -0.15) is 5.10 Å². The van der Waals surface area contributed by atoms with Gasteiger partial charge in [-0.25, -0.2) is 0 Å². The Hall–Kier alpha value is -1.81. The second-order valence-electron chi connectivity index (χ2n) is 4.99. The Kier molecular flexibility index (Phi) is 3.90. The third-order valence-electron chi connectivity index (χ3n) is 3.40. The Balaban J connectivity index is 2.54. The number of rotatable bonds is 4. The summed E-state index contributed by atoms with van der Waals surface area (Å²) in [4.78, 5) is 0. The molecule has 102 valence electrons. The van der Waals surface area contributed by atoms with Gasteiger partial charge in [0, 0.05) is 23.4 Å². The van der Waals surface area contributed by atoms with Crippen molar-refractivity contribution >= 4 is 0 Å². The van der Waals surface area contributed by atoms with Gasteiger partial charge in [-0.15, -0.1) is 0 Å². The number of H-pyrrole nitrogens is 1. The van der Waals surface area contributed by atoms with Gasteiger partial charge in [-0.05, 0) is 36.6 Å². The predicted molar refractivity (Wildman–Crippen MR) is 77.3 cm³/mol. The van der Waals surface area contributed by atoms with E-state index in [1.54, 1.807) is 7.11 Å². The van der Waals surface area contributed by atoms with Gasteiger partial charge in [0.15, 0.2) is 0 Å². The number of aromatic amines is 1. The molecule has 0 fully saturated rings. The van der Waals surface area contributed by atoms with Crippen molar-refractivity contribution < 1.29 is 4.74 Å². The van der Waals surface area contributed by atoms with E-state index in [1.165, 1.54) is 5.56 Å². The second-order valence-corrected chi connectivity index (χ2v) is 4.99. The quantitative estimate of drug-likeness (QED) is 0.887. The maximum atomic E-state index is 5.80. The van der Waals surface area contributed by atoms with Crippen LogP contribution in [0.1, 0.15) is 36.6 Å². The van der Waals surface area contributed by atoms with E-state index in [4.69, 9.17) is 10.5 Å². The van der Waals surface area contributed by atoms with Gasteiger partial charge >= 0.3 is 0 Å². The van der Waals surface area contributed by atoms with Crippen molar-refractivity contribution in [2.75, 3.05) is 7.11 Å². The van der Waals surface area contributed by atoms with Crippen LogP contribution in [0.25, 0.3) is 11.3 Å². The van der Waals surface area contributed by atoms with Gasteiger partial charge < -0.3 is 10.5 Å². The molecular formula is C15H21N3O. The maximum Gasteiger partial charge on any atom is 0.122 e. The first-order chi connectivity index (χ1) is 9.08. The van der Waals surface area contributed by atoms with E-state index in [0.29, 0.717) is 12.5 Å². The molecule has 0 amide bonds. The lowest BCUT2D eigenvalue weighted by atomic mass is 9.97. The van der Waals surface area contributed by atoms with Crippen LogP contribution in [-0.2, 0) is 6.54 Å². The number of benzene rings is 1. The molecule has 0 aliphatic heterocycles. The third kappa shape index (κ3) is 2.49. The number of nitrogens with two attached hydrogens (primary N) is 1. The molecule has 0 atom stereocenters. The first-order valence-corrected chi connectivity index (χ1v) is 6.50. The lowest BCUT2D eigenvalue weighted by Crippen LogP contribution is -2.00. The summed E-state index contributed by atoms with van der Waals surface area (Å²) in [5.41, 5.74) is 11.1. The number of hydrogen-bond acceptors (Lipinski definition) is 3. The molecule has 3 N–H and O–H groups in total. The monoisotopic (exact) mass is 259 g/mol. The van der Waals surface area contributed by atoms with Crippen molar-refractivity contribution in [3.8, 4) is 17.0 Å². The minimum atomic E-state index is 0.399. The zero-order chi connectivity index (χ0) is 14.0. The number of methoxy groups -OCH3 is 1. The van der Waals surface area contributed by atoms with E-state index >= 15 is 0 Å². The van der Waals surface area contributed by atoms with Crippen LogP contribution >= 0.6 is 0 Å². The Morgan fingerprint density at radius 2 is 2.11 bits per heavy atom. The highest BCUT2D eigenvalue weighted by Gasteiger charge is 2.14. The number of nitrogens with zero attached hydrogens (tertiary/aromatic N) is 1. The standard InChI is InChI=1S/C15H21N3O/c1-9(2)12-7-11(5-6-14(12)19-4)15-13(8-16)10(3)17-18-15/h5-7,9H,8,16H2,1-4H3,(H,17,18). The molecule has 0 radical (unpaired) electrons. The Bertz CT molecular complexity index is 573. The number of aryl methyl sites for hydroxylation is 1. The molecule has 4 nitrogen and oxygen atoms in total. The zero-order valence-corrected chi connectivity index (χ0v) is 11.9. The van der Waals surface area contributed by atoms with E-state index in [9.17, 15) is 0 Å². The summed E-state index contributed by atoms with van der Waals surface area (Å²) in [5, 5.41) is 7.37. The average molecular weight is 259 g/mol. The van der Waals surface area contributed by atoms with Crippen LogP contribution in [0.4, 0.5) is 0 Å². The highest BCUT2D eigenvalue weighted by atomic mass is 16.5. The summed E-state index contributed by atoms with van der Waals surface area (Å²) >= 11 is 0. The van der Waals surface area contributed by atoms with E-state index in [-0.39, 0.29) is 0 Å². The molecule has 0 unspecified atom stereocenters. The summed E-state index contributed by atoms with van der Waals surface area (Å²) in [5.74, 6) is 1.32. The van der Waals surface area contributed by atoms with Gasteiger partial charge in [-0.1, -0.05) is 13.8 Å². The minimum Gasteiger partial charge on any atom is -0.496 e. The Morgan fingerprint density at radius 3 is 2.68 bits per heavy atom. The SMILES string of the molecule is COc1ccc(-c2n[nH]c(C)c2CN)cc1C(C)C. The van der Waals surface area contributed by atoms with Crippen LogP contribution in [0.15, 0.2) is 18.2 Å². The molecule has 1 heterocycles. The van der Waals surface area contributed by atoms with Crippen molar-refractivity contribution in [2.45, 2.75) is 33.2 Å². The average Bonchev–Trinajstić information content (AvgIpc) is 2.78. The van der Waals surface area contributed by atoms with Crippen LogP contribution < -0.4 is 10.5 Å². The summed E-state index contributed by atoms with van der Waals surface area (Å²) in [6.45, 7) is 6.79. The molecule has 4 heteroatoms. The predicted octanol–water partition coefficient (Wildman–Crippen LogP) is 2.98. The van der Waals surface area contributed by atoms with E-state index in [0.717, 1.165) is 28.3 Å². The lowest BCUT2D eigenvalue weighted by Gasteiger charge is -2.13. The van der Waals surface area contributed by atoms with Crippen LogP contribution in [-0.4, -0.2) is 17.3 Å². The van der Waals surface area contributed by atoms with Crippen molar-refractivity contribution in [3.05, 3.63) is 35.0 Å². The summed E-state index contributed by atoms with van der Waals surface area (Å²) < 4.78 is 5.41. The van der Waals surface area contributed by atoms with Crippen LogP contribution in [0.5, 0.6) is 5.75 Å². The number of nitrogens with one attached hydrogen (secondary N) is 1. The first kappa shape index (κ1) is 13.6. The minimum absolute atomic E-state index is 0.399. The second kappa shape index (κ2) is 5.45. The van der Waals surface area contributed by atoms with Crippen LogP contribution in [0, 0.1) is 6.92 Å². The molecule has 0 bridgehead atoms. The van der Waals surface area contributed by atoms with E-state index in [1.807, 2.05) is 19.1 Å². The van der Waals surface area contributed by atoms with E-state index in [2.05, 4.69) is 30.1 Å². The highest BCUT2D eigenvalue weighted by molar-refractivity contribution is 5.66. The van der Waals surface area contributed by atoms with Crippen molar-refractivity contribution in [3.63, 3.8) is 0 Å². The Labute approximate surface area is 114 Å². The first-order valence-electron chi connectivity index (χ1n) is 6.50. The smallest absolute Gasteiger partial charge is 0.122 e. The fourth-order valence-corrected chi connectivity index (χ4v) is 2.27. The topological polar surface area (TPSA) is 63.9 Å². The van der Waals surface area contributed by atoms with Gasteiger partial charge in [0.2, 0.25) is 0 Å². The van der Waals surface area contributed by atoms with Crippen LogP contribution in [0.2, 0.25) is 0 Å². The molecule has 0 saturated heterocycles. The normalized spacial score (nSPS) is 11.1. The largest absolute Gasteiger partial charge is 0.496 e. The van der Waals surface area contributed by atoms with E-state index < -0.39 is 0 Å². The molecule has 0 aliphatic carbocycles. The molecule has 0 aliphatic rings. The molecule has 0 spiro atoms. The molecule has 1 aromatic heterocycles. The molecule has 0 saturated carbocycles. The van der Waals surface area contributed by atoms with Crippen molar-refractivity contribution in [1.29, 1.82) is 0 Å². The summed E-state index contributed by atoms with van der Waals surface area (Å²) in [6.07, 6.45) is 0. The molecular weight excluding hydrogens is 238 g/mol.